The zero-order valence-electron chi connectivity index (χ0n) is 20.8. The number of fused-ring (bicyclic) bond motifs is 1. The Bertz CT molecular complexity index is 1380. The first-order valence-electron chi connectivity index (χ1n) is 11.4. The molecule has 35 heavy (non-hydrogen) atoms. The van der Waals surface area contributed by atoms with E-state index in [0.717, 1.165) is 0 Å². The molecule has 0 spiro atoms. The van der Waals surface area contributed by atoms with Gasteiger partial charge in [0.05, 0.1) is 28.2 Å². The molecular formula is C25H28N8O2. The lowest BCUT2D eigenvalue weighted by Crippen LogP contribution is -2.59. The van der Waals surface area contributed by atoms with Crippen LogP contribution in [0.1, 0.15) is 45.9 Å². The molecule has 0 bridgehead atoms. The average Bonchev–Trinajstić information content (AvgIpc) is 3.18. The van der Waals surface area contributed by atoms with Gasteiger partial charge in [0.2, 0.25) is 0 Å². The van der Waals surface area contributed by atoms with Crippen LogP contribution < -0.4 is 4.90 Å². The summed E-state index contributed by atoms with van der Waals surface area (Å²) >= 11 is 0. The van der Waals surface area contributed by atoms with Crippen LogP contribution in [-0.2, 0) is 11.8 Å². The third-order valence-electron chi connectivity index (χ3n) is 6.05. The number of hydrogen-bond acceptors (Lipinski definition) is 8. The molecule has 4 rings (SSSR count). The summed E-state index contributed by atoms with van der Waals surface area (Å²) in [6.07, 6.45) is 1.14. The van der Waals surface area contributed by atoms with E-state index in [1.54, 1.807) is 30.1 Å². The molecule has 0 unspecified atom stereocenters. The van der Waals surface area contributed by atoms with E-state index in [-0.39, 0.29) is 18.2 Å². The summed E-state index contributed by atoms with van der Waals surface area (Å²) in [7, 11) is 1.71. The molecule has 0 aliphatic carbocycles. The fraction of sp³-hybridized carbons (Fsp3) is 0.440. The van der Waals surface area contributed by atoms with Gasteiger partial charge in [-0.1, -0.05) is 0 Å². The first-order chi connectivity index (χ1) is 16.5. The molecule has 1 aromatic carbocycles. The molecule has 2 aromatic heterocycles. The van der Waals surface area contributed by atoms with Crippen molar-refractivity contribution in [1.29, 1.82) is 10.5 Å². The molecule has 2 atom stereocenters. The van der Waals surface area contributed by atoms with Gasteiger partial charge in [0.15, 0.2) is 0 Å². The number of rotatable bonds is 2. The molecule has 0 N–H and O–H groups in total. The number of anilines is 1. The third-order valence-corrected chi connectivity index (χ3v) is 6.05. The van der Waals surface area contributed by atoms with Crippen LogP contribution in [0.15, 0.2) is 24.5 Å². The molecule has 10 heteroatoms. The Morgan fingerprint density at radius 2 is 1.86 bits per heavy atom. The molecule has 1 saturated heterocycles. The smallest absolute Gasteiger partial charge is 0.410 e. The summed E-state index contributed by atoms with van der Waals surface area (Å²) in [5, 5.41) is 24.3. The Hall–Kier alpha value is -4.18. The molecule has 1 fully saturated rings. The summed E-state index contributed by atoms with van der Waals surface area (Å²) < 4.78 is 7.11. The van der Waals surface area contributed by atoms with E-state index in [1.807, 2.05) is 34.6 Å². The first-order valence-corrected chi connectivity index (χ1v) is 11.4. The fourth-order valence-electron chi connectivity index (χ4n) is 4.38. The van der Waals surface area contributed by atoms with Crippen molar-refractivity contribution in [3.63, 3.8) is 0 Å². The predicted molar refractivity (Wildman–Crippen MR) is 130 cm³/mol. The van der Waals surface area contributed by atoms with Gasteiger partial charge in [-0.15, -0.1) is 0 Å². The molecule has 3 heterocycles. The second-order valence-electron chi connectivity index (χ2n) is 9.83. The SMILES string of the molecule is C[C@@H]1CN(c2ncnc3c(-c4cc(C#N)n(C)n4)ccc(C#N)c23)[C@@H](C)CN1C(=O)OC(C)(C)C. The Balaban J connectivity index is 1.77. The lowest BCUT2D eigenvalue weighted by molar-refractivity contribution is 0.0130. The summed E-state index contributed by atoms with van der Waals surface area (Å²) in [6.45, 7) is 10.5. The predicted octanol–water partition coefficient (Wildman–Crippen LogP) is 3.61. The maximum atomic E-state index is 12.8. The number of benzene rings is 1. The summed E-state index contributed by atoms with van der Waals surface area (Å²) in [5.41, 5.74) is 2.20. The molecule has 1 aliphatic heterocycles. The van der Waals surface area contributed by atoms with Crippen LogP contribution in [0.25, 0.3) is 22.2 Å². The van der Waals surface area contributed by atoms with Crippen molar-refractivity contribution in [3.8, 4) is 23.4 Å². The van der Waals surface area contributed by atoms with E-state index in [4.69, 9.17) is 4.74 Å². The fourth-order valence-corrected chi connectivity index (χ4v) is 4.38. The average molecular weight is 473 g/mol. The second-order valence-corrected chi connectivity index (χ2v) is 9.83. The number of ether oxygens (including phenoxy) is 1. The number of nitrogens with zero attached hydrogens (tertiary/aromatic N) is 8. The number of amides is 1. The highest BCUT2D eigenvalue weighted by atomic mass is 16.6. The van der Waals surface area contributed by atoms with E-state index in [9.17, 15) is 15.3 Å². The number of carbonyl (C=O) groups is 1. The van der Waals surface area contributed by atoms with Crippen molar-refractivity contribution >= 4 is 22.8 Å². The van der Waals surface area contributed by atoms with Gasteiger partial charge < -0.3 is 14.5 Å². The van der Waals surface area contributed by atoms with E-state index < -0.39 is 5.60 Å². The zero-order valence-corrected chi connectivity index (χ0v) is 20.8. The largest absolute Gasteiger partial charge is 0.444 e. The summed E-state index contributed by atoms with van der Waals surface area (Å²) in [4.78, 5) is 25.7. The van der Waals surface area contributed by atoms with Crippen molar-refractivity contribution in [2.75, 3.05) is 18.0 Å². The molecule has 0 saturated carbocycles. The Kier molecular flexibility index (Phi) is 6.08. The monoisotopic (exact) mass is 472 g/mol. The van der Waals surface area contributed by atoms with Crippen LogP contribution in [-0.4, -0.2) is 61.5 Å². The van der Waals surface area contributed by atoms with Gasteiger partial charge in [0, 0.05) is 43.9 Å². The highest BCUT2D eigenvalue weighted by Gasteiger charge is 2.36. The van der Waals surface area contributed by atoms with Crippen LogP contribution in [0.4, 0.5) is 10.6 Å². The molecular weight excluding hydrogens is 444 g/mol. The van der Waals surface area contributed by atoms with E-state index >= 15 is 0 Å². The van der Waals surface area contributed by atoms with Gasteiger partial charge in [0.1, 0.15) is 29.5 Å². The van der Waals surface area contributed by atoms with Crippen LogP contribution >= 0.6 is 0 Å². The number of carbonyl (C=O) groups excluding carboxylic acids is 1. The maximum Gasteiger partial charge on any atom is 0.410 e. The Morgan fingerprint density at radius 1 is 1.11 bits per heavy atom. The number of nitriles is 2. The zero-order chi connectivity index (χ0) is 25.5. The minimum Gasteiger partial charge on any atom is -0.444 e. The van der Waals surface area contributed by atoms with Crippen molar-refractivity contribution in [2.24, 2.45) is 7.05 Å². The van der Waals surface area contributed by atoms with Crippen LogP contribution in [0.2, 0.25) is 0 Å². The van der Waals surface area contributed by atoms with Crippen molar-refractivity contribution in [1.82, 2.24) is 24.6 Å². The minimum atomic E-state index is -0.574. The van der Waals surface area contributed by atoms with Gasteiger partial charge in [-0.3, -0.25) is 4.68 Å². The van der Waals surface area contributed by atoms with E-state index in [1.165, 1.54) is 11.0 Å². The van der Waals surface area contributed by atoms with Crippen molar-refractivity contribution in [3.05, 3.63) is 35.8 Å². The maximum absolute atomic E-state index is 12.8. The lowest BCUT2D eigenvalue weighted by atomic mass is 10.0. The van der Waals surface area contributed by atoms with Crippen LogP contribution in [0.5, 0.6) is 0 Å². The molecule has 3 aromatic rings. The van der Waals surface area contributed by atoms with Gasteiger partial charge >= 0.3 is 6.09 Å². The topological polar surface area (TPSA) is 124 Å². The standard InChI is InChI=1S/C25H28N8O2/c1-15-13-33(24(34)35-25(3,4)5)16(2)12-32(15)23-21-17(10-26)7-8-19(22(21)28-14-29-23)20-9-18(11-27)31(6)30-20/h7-9,14-16H,12-13H2,1-6H3/t15-,16+/m0/s1. The minimum absolute atomic E-state index is 0.0768. The van der Waals surface area contributed by atoms with Crippen LogP contribution in [0.3, 0.4) is 0 Å². The van der Waals surface area contributed by atoms with Gasteiger partial charge in [0.25, 0.3) is 0 Å². The highest BCUT2D eigenvalue weighted by molar-refractivity contribution is 6.02. The van der Waals surface area contributed by atoms with Crippen LogP contribution in [0, 0.1) is 22.7 Å². The Morgan fingerprint density at radius 3 is 2.49 bits per heavy atom. The quantitative estimate of drug-likeness (QED) is 0.554. The molecule has 180 valence electrons. The summed E-state index contributed by atoms with van der Waals surface area (Å²) in [6, 6.07) is 9.41. The number of aryl methyl sites for hydroxylation is 1. The van der Waals surface area contributed by atoms with Gasteiger partial charge in [-0.05, 0) is 46.8 Å². The lowest BCUT2D eigenvalue weighted by Gasteiger charge is -2.45. The third kappa shape index (κ3) is 4.47. The molecule has 1 amide bonds. The first kappa shape index (κ1) is 24.0. The van der Waals surface area contributed by atoms with E-state index in [0.29, 0.717) is 52.3 Å². The number of piperazine rings is 1. The van der Waals surface area contributed by atoms with E-state index in [2.05, 4.69) is 32.1 Å². The molecule has 10 nitrogen and oxygen atoms in total. The Labute approximate surface area is 204 Å². The number of aromatic nitrogens is 4. The normalized spacial score (nSPS) is 18.3. The van der Waals surface area contributed by atoms with Gasteiger partial charge in [-0.25, -0.2) is 14.8 Å². The van der Waals surface area contributed by atoms with Gasteiger partial charge in [-0.2, -0.15) is 15.6 Å². The highest BCUT2D eigenvalue weighted by Crippen LogP contribution is 2.35. The summed E-state index contributed by atoms with van der Waals surface area (Å²) in [5.74, 6) is 0.632. The van der Waals surface area contributed by atoms with Crippen molar-refractivity contribution < 1.29 is 9.53 Å². The molecule has 1 aliphatic rings. The van der Waals surface area contributed by atoms with Crippen molar-refractivity contribution in [2.45, 2.75) is 52.3 Å². The number of hydrogen-bond donors (Lipinski definition) is 0. The second kappa shape index (κ2) is 8.88. The molecule has 0 radical (unpaired) electrons.